The van der Waals surface area contributed by atoms with Crippen molar-refractivity contribution in [2.75, 3.05) is 26.2 Å². The molecule has 0 amide bonds. The van der Waals surface area contributed by atoms with Crippen molar-refractivity contribution in [3.63, 3.8) is 0 Å². The second-order valence-electron chi connectivity index (χ2n) is 4.96. The summed E-state index contributed by atoms with van der Waals surface area (Å²) in [5, 5.41) is 18.2. The lowest BCUT2D eigenvalue weighted by atomic mass is 10.3. The summed E-state index contributed by atoms with van der Waals surface area (Å²) in [5.74, 6) is 0.518. The maximum atomic E-state index is 11.7. The molecule has 0 aliphatic carbocycles. The molecule has 2 heterocycles. The van der Waals surface area contributed by atoms with Crippen molar-refractivity contribution in [3.8, 4) is 0 Å². The summed E-state index contributed by atoms with van der Waals surface area (Å²) in [6.07, 6.45) is 5.37. The molecule has 1 N–H and O–H groups in total. The van der Waals surface area contributed by atoms with E-state index in [2.05, 4.69) is 10.3 Å². The van der Waals surface area contributed by atoms with E-state index in [4.69, 9.17) is 28.0 Å². The van der Waals surface area contributed by atoms with E-state index in [1.807, 2.05) is 6.08 Å². The zero-order chi connectivity index (χ0) is 16.2. The zero-order valence-electron chi connectivity index (χ0n) is 12.2. The summed E-state index contributed by atoms with van der Waals surface area (Å²) < 4.78 is 0. The first-order chi connectivity index (χ1) is 11.1. The number of para-hydroxylation sites is 1. The monoisotopic (exact) mass is 353 g/mol. The molecule has 1 aromatic rings. The van der Waals surface area contributed by atoms with Crippen LogP contribution < -0.4 is 5.32 Å². The Labute approximate surface area is 144 Å². The number of rotatable bonds is 4. The summed E-state index contributed by atoms with van der Waals surface area (Å²) in [6.45, 7) is 1.80. The molecule has 0 bridgehead atoms. The van der Waals surface area contributed by atoms with Crippen LogP contribution in [0, 0.1) is 0 Å². The smallest absolute Gasteiger partial charge is 0.223 e. The fraction of sp³-hybridized carbons (Fsp3) is 0.267. The number of nitrogens with one attached hydrogen (secondary N) is 1. The highest BCUT2D eigenvalue weighted by atomic mass is 35.5. The van der Waals surface area contributed by atoms with Crippen molar-refractivity contribution >= 4 is 34.8 Å². The van der Waals surface area contributed by atoms with Gasteiger partial charge in [0, 0.05) is 6.54 Å². The van der Waals surface area contributed by atoms with Gasteiger partial charge in [-0.15, -0.1) is 0 Å². The van der Waals surface area contributed by atoms with E-state index in [0.29, 0.717) is 47.0 Å². The summed E-state index contributed by atoms with van der Waals surface area (Å²) in [6, 6.07) is 5.21. The van der Waals surface area contributed by atoms with Crippen molar-refractivity contribution in [1.82, 2.24) is 15.4 Å². The van der Waals surface area contributed by atoms with Crippen molar-refractivity contribution in [1.29, 1.82) is 0 Å². The average Bonchev–Trinajstić information content (AvgIpc) is 2.97. The molecule has 2 aliphatic rings. The third kappa shape index (κ3) is 3.79. The summed E-state index contributed by atoms with van der Waals surface area (Å²) in [4.78, 5) is 10.1. The minimum absolute atomic E-state index is 0.171. The van der Waals surface area contributed by atoms with Crippen molar-refractivity contribution < 1.29 is 10.0 Å². The lowest BCUT2D eigenvalue weighted by Crippen LogP contribution is -2.33. The van der Waals surface area contributed by atoms with Gasteiger partial charge in [-0.3, -0.25) is 4.84 Å². The number of allylic oxidation sites excluding steroid dienone is 2. The molecule has 0 spiro atoms. The van der Waals surface area contributed by atoms with E-state index in [9.17, 15) is 5.21 Å². The number of guanidine groups is 1. The second kappa shape index (κ2) is 7.23. The second-order valence-corrected chi connectivity index (χ2v) is 5.77. The van der Waals surface area contributed by atoms with Crippen molar-refractivity contribution in [3.05, 3.63) is 52.2 Å². The summed E-state index contributed by atoms with van der Waals surface area (Å²) >= 11 is 12.3. The van der Waals surface area contributed by atoms with E-state index < -0.39 is 0 Å². The van der Waals surface area contributed by atoms with Gasteiger partial charge in [-0.25, -0.2) is 15.1 Å². The molecule has 2 aliphatic heterocycles. The van der Waals surface area contributed by atoms with Crippen LogP contribution >= 0.6 is 23.2 Å². The van der Waals surface area contributed by atoms with Crippen LogP contribution in [0.5, 0.6) is 0 Å². The molecule has 23 heavy (non-hydrogen) atoms. The van der Waals surface area contributed by atoms with Crippen LogP contribution in [0.3, 0.4) is 0 Å². The van der Waals surface area contributed by atoms with Crippen LogP contribution in [-0.2, 0) is 10.0 Å². The predicted octanol–water partition coefficient (Wildman–Crippen LogP) is 2.92. The molecule has 6 nitrogen and oxygen atoms in total. The van der Waals surface area contributed by atoms with Crippen molar-refractivity contribution in [2.24, 2.45) is 4.99 Å². The highest BCUT2D eigenvalue weighted by molar-refractivity contribution is 6.38. The number of hydrogen-bond donors (Lipinski definition) is 1. The first kappa shape index (κ1) is 16.1. The fourth-order valence-corrected chi connectivity index (χ4v) is 2.67. The Kier molecular flexibility index (Phi) is 5.07. The lowest BCUT2D eigenvalue weighted by molar-refractivity contribution is -0.148. The average molecular weight is 354 g/mol. The highest BCUT2D eigenvalue weighted by Crippen LogP contribution is 2.33. The number of nitrogens with zero attached hydrogens (tertiary/aromatic N) is 3. The molecule has 0 unspecified atom stereocenters. The van der Waals surface area contributed by atoms with Gasteiger partial charge >= 0.3 is 0 Å². The number of hydrogen-bond acceptors (Lipinski definition) is 3. The molecule has 3 rings (SSSR count). The van der Waals surface area contributed by atoms with E-state index in [1.165, 1.54) is 0 Å². The largest absolute Gasteiger partial charge is 0.352 e. The summed E-state index contributed by atoms with van der Waals surface area (Å²) in [7, 11) is 0. The molecule has 0 aromatic heterocycles. The van der Waals surface area contributed by atoms with E-state index in [1.54, 1.807) is 35.4 Å². The van der Waals surface area contributed by atoms with E-state index >= 15 is 0 Å². The zero-order valence-corrected chi connectivity index (χ0v) is 13.7. The van der Waals surface area contributed by atoms with Crippen molar-refractivity contribution in [2.45, 2.75) is 0 Å². The quantitative estimate of drug-likeness (QED) is 0.903. The Bertz CT molecular complexity index is 655. The maximum absolute atomic E-state index is 11.7. The fourth-order valence-electron chi connectivity index (χ4n) is 2.19. The lowest BCUT2D eigenvalue weighted by Gasteiger charge is -2.22. The Balaban J connectivity index is 1.72. The first-order valence-corrected chi connectivity index (χ1v) is 7.88. The van der Waals surface area contributed by atoms with Crippen LogP contribution in [0.4, 0.5) is 5.69 Å². The maximum Gasteiger partial charge on any atom is 0.223 e. The van der Waals surface area contributed by atoms with Gasteiger partial charge < -0.3 is 5.32 Å². The van der Waals surface area contributed by atoms with Gasteiger partial charge in [-0.05, 0) is 18.2 Å². The van der Waals surface area contributed by atoms with Gasteiger partial charge in [0.25, 0.3) is 0 Å². The standard InChI is InChI=1S/C15H15Cl2N4O2/c16-12-5-3-6-13(17)14(12)19-15-18-7-9-21(15)23-10-11-4-1-2-8-20(11)22/h1-6H,7-10H2,(H,18,19). The first-order valence-electron chi connectivity index (χ1n) is 7.12. The molecule has 0 atom stereocenters. The molecule has 1 saturated heterocycles. The van der Waals surface area contributed by atoms with Crippen LogP contribution in [0.25, 0.3) is 0 Å². The summed E-state index contributed by atoms with van der Waals surface area (Å²) in [5.41, 5.74) is 1.05. The number of benzene rings is 1. The molecule has 8 heteroatoms. The molecule has 1 fully saturated rings. The highest BCUT2D eigenvalue weighted by Gasteiger charge is 2.21. The molecular weight excluding hydrogens is 339 g/mol. The van der Waals surface area contributed by atoms with Gasteiger partial charge in [0.1, 0.15) is 12.3 Å². The van der Waals surface area contributed by atoms with Gasteiger partial charge in [0.15, 0.2) is 0 Å². The Morgan fingerprint density at radius 3 is 2.83 bits per heavy atom. The normalized spacial score (nSPS) is 19.3. The SMILES string of the molecule is [O]N1CC=CC=C1CON1CCNC1=Nc1c(Cl)cccc1Cl. The van der Waals surface area contributed by atoms with Gasteiger partial charge in [-0.2, -0.15) is 0 Å². The van der Waals surface area contributed by atoms with Gasteiger partial charge in [0.2, 0.25) is 5.96 Å². The third-order valence-electron chi connectivity index (χ3n) is 3.37. The van der Waals surface area contributed by atoms with Gasteiger partial charge in [0.05, 0.1) is 28.8 Å². The van der Waals surface area contributed by atoms with Crippen LogP contribution in [-0.4, -0.2) is 42.3 Å². The minimum Gasteiger partial charge on any atom is -0.352 e. The molecule has 121 valence electrons. The Morgan fingerprint density at radius 2 is 2.09 bits per heavy atom. The molecule has 0 saturated carbocycles. The Morgan fingerprint density at radius 1 is 1.30 bits per heavy atom. The van der Waals surface area contributed by atoms with Crippen LogP contribution in [0.1, 0.15) is 0 Å². The van der Waals surface area contributed by atoms with Gasteiger partial charge in [-0.1, -0.05) is 46.6 Å². The van der Waals surface area contributed by atoms with E-state index in [0.717, 1.165) is 5.06 Å². The topological polar surface area (TPSA) is 60.0 Å². The molecule has 1 aromatic carbocycles. The molecular formula is C15H15Cl2N4O2. The third-order valence-corrected chi connectivity index (χ3v) is 3.98. The number of halogens is 2. The van der Waals surface area contributed by atoms with Crippen LogP contribution in [0.2, 0.25) is 10.0 Å². The van der Waals surface area contributed by atoms with E-state index in [-0.39, 0.29) is 6.61 Å². The minimum atomic E-state index is 0.171. The number of hydroxylamine groups is 4. The molecule has 1 radical (unpaired) electrons. The van der Waals surface area contributed by atoms with Crippen LogP contribution in [0.15, 0.2) is 47.1 Å². The Hall–Kier alpha value is -1.73. The number of aliphatic imine (C=N–C) groups is 1. The predicted molar refractivity (Wildman–Crippen MR) is 88.8 cm³/mol.